The van der Waals surface area contributed by atoms with E-state index in [1.807, 2.05) is 0 Å². The highest BCUT2D eigenvalue weighted by Gasteiger charge is 2.05. The predicted molar refractivity (Wildman–Crippen MR) is 84.1 cm³/mol. The van der Waals surface area contributed by atoms with Crippen LogP contribution in [-0.4, -0.2) is 24.1 Å². The second kappa shape index (κ2) is 7.08. The molecule has 0 aromatic heterocycles. The van der Waals surface area contributed by atoms with Crippen molar-refractivity contribution in [3.8, 4) is 5.75 Å². The first-order valence-electron chi connectivity index (χ1n) is 6.55. The van der Waals surface area contributed by atoms with E-state index in [0.29, 0.717) is 22.6 Å². The summed E-state index contributed by atoms with van der Waals surface area (Å²) >= 11 is 0. The Hall–Kier alpha value is -3.08. The Balaban J connectivity index is 2.04. The van der Waals surface area contributed by atoms with E-state index in [2.05, 4.69) is 5.32 Å². The van der Waals surface area contributed by atoms with Gasteiger partial charge < -0.3 is 15.2 Å². The van der Waals surface area contributed by atoms with Gasteiger partial charge in [0.2, 0.25) is 0 Å². The molecule has 112 valence electrons. The lowest BCUT2D eigenvalue weighted by Crippen LogP contribution is -2.11. The van der Waals surface area contributed by atoms with E-state index >= 15 is 0 Å². The molecule has 0 aliphatic rings. The van der Waals surface area contributed by atoms with E-state index in [1.165, 1.54) is 6.08 Å². The summed E-state index contributed by atoms with van der Waals surface area (Å²) in [6.45, 7) is 0. The van der Waals surface area contributed by atoms with E-state index in [-0.39, 0.29) is 5.91 Å². The second-order valence-corrected chi connectivity index (χ2v) is 4.48. The summed E-state index contributed by atoms with van der Waals surface area (Å²) in [5.74, 6) is -0.534. The topological polar surface area (TPSA) is 75.6 Å². The van der Waals surface area contributed by atoms with Crippen molar-refractivity contribution in [2.45, 2.75) is 0 Å². The summed E-state index contributed by atoms with van der Waals surface area (Å²) in [5.41, 5.74) is 1.87. The van der Waals surface area contributed by atoms with Crippen LogP contribution in [-0.2, 0) is 4.79 Å². The molecule has 5 nitrogen and oxygen atoms in total. The molecule has 1 amide bonds. The first-order valence-corrected chi connectivity index (χ1v) is 6.55. The highest BCUT2D eigenvalue weighted by molar-refractivity contribution is 6.04. The van der Waals surface area contributed by atoms with Crippen molar-refractivity contribution < 1.29 is 19.4 Å². The van der Waals surface area contributed by atoms with Gasteiger partial charge >= 0.3 is 5.97 Å². The smallest absolute Gasteiger partial charge is 0.328 e. The van der Waals surface area contributed by atoms with Crippen LogP contribution >= 0.6 is 0 Å². The first kappa shape index (κ1) is 15.3. The molecule has 0 saturated heterocycles. The third kappa shape index (κ3) is 4.21. The van der Waals surface area contributed by atoms with E-state index in [4.69, 9.17) is 9.84 Å². The van der Waals surface area contributed by atoms with Crippen molar-refractivity contribution in [1.29, 1.82) is 0 Å². The number of hydrogen-bond acceptors (Lipinski definition) is 3. The second-order valence-electron chi connectivity index (χ2n) is 4.48. The van der Waals surface area contributed by atoms with Gasteiger partial charge in [0.25, 0.3) is 5.91 Å². The van der Waals surface area contributed by atoms with Gasteiger partial charge in [-0.3, -0.25) is 4.79 Å². The lowest BCUT2D eigenvalue weighted by atomic mass is 10.1. The number of carboxylic acids is 1. The Bertz CT molecular complexity index is 688. The molecular weight excluding hydrogens is 282 g/mol. The van der Waals surface area contributed by atoms with Crippen LogP contribution in [0.4, 0.5) is 5.69 Å². The molecule has 2 aromatic rings. The quantitative estimate of drug-likeness (QED) is 0.832. The van der Waals surface area contributed by atoms with Gasteiger partial charge in [-0.15, -0.1) is 0 Å². The number of nitrogens with one attached hydrogen (secondary N) is 1. The number of ether oxygens (including phenoxy) is 1. The largest absolute Gasteiger partial charge is 0.497 e. The zero-order valence-electron chi connectivity index (χ0n) is 11.9. The van der Waals surface area contributed by atoms with E-state index in [1.54, 1.807) is 55.6 Å². The molecule has 0 heterocycles. The van der Waals surface area contributed by atoms with Crippen molar-refractivity contribution >= 4 is 23.6 Å². The third-order valence-corrected chi connectivity index (χ3v) is 2.94. The first-order chi connectivity index (χ1) is 10.6. The maximum atomic E-state index is 12.1. The van der Waals surface area contributed by atoms with Gasteiger partial charge in [0, 0.05) is 17.3 Å². The SMILES string of the molecule is COc1ccc(NC(=O)c2ccc(C=CC(=O)O)cc2)cc1. The van der Waals surface area contributed by atoms with Gasteiger partial charge in [0.05, 0.1) is 7.11 Å². The monoisotopic (exact) mass is 297 g/mol. The number of anilines is 1. The molecule has 0 aliphatic carbocycles. The lowest BCUT2D eigenvalue weighted by molar-refractivity contribution is -0.131. The molecule has 2 N–H and O–H groups in total. The van der Waals surface area contributed by atoms with E-state index < -0.39 is 5.97 Å². The molecule has 0 saturated carbocycles. The van der Waals surface area contributed by atoms with Crippen LogP contribution in [0.25, 0.3) is 6.08 Å². The third-order valence-electron chi connectivity index (χ3n) is 2.94. The summed E-state index contributed by atoms with van der Waals surface area (Å²) in [4.78, 5) is 22.5. The molecular formula is C17H15NO4. The van der Waals surface area contributed by atoms with Gasteiger partial charge in [0.1, 0.15) is 5.75 Å². The van der Waals surface area contributed by atoms with Gasteiger partial charge in [-0.2, -0.15) is 0 Å². The molecule has 0 fully saturated rings. The van der Waals surface area contributed by atoms with Gasteiger partial charge in [-0.25, -0.2) is 4.79 Å². The highest BCUT2D eigenvalue weighted by atomic mass is 16.5. The van der Waals surface area contributed by atoms with Crippen LogP contribution in [0.2, 0.25) is 0 Å². The van der Waals surface area contributed by atoms with Crippen molar-refractivity contribution in [3.05, 3.63) is 65.7 Å². The van der Waals surface area contributed by atoms with Crippen molar-refractivity contribution in [2.75, 3.05) is 12.4 Å². The number of carbonyl (C=O) groups excluding carboxylic acids is 1. The summed E-state index contributed by atoms with van der Waals surface area (Å²) in [5, 5.41) is 11.3. The van der Waals surface area contributed by atoms with Crippen LogP contribution < -0.4 is 10.1 Å². The lowest BCUT2D eigenvalue weighted by Gasteiger charge is -2.06. The predicted octanol–water partition coefficient (Wildman–Crippen LogP) is 3.05. The van der Waals surface area contributed by atoms with Gasteiger partial charge in [0.15, 0.2) is 0 Å². The molecule has 0 spiro atoms. The average Bonchev–Trinajstić information content (AvgIpc) is 2.54. The zero-order chi connectivity index (χ0) is 15.9. The molecule has 22 heavy (non-hydrogen) atoms. The molecule has 0 aliphatic heterocycles. The van der Waals surface area contributed by atoms with Crippen molar-refractivity contribution in [3.63, 3.8) is 0 Å². The minimum atomic E-state index is -1.01. The fourth-order valence-corrected chi connectivity index (χ4v) is 1.79. The van der Waals surface area contributed by atoms with Gasteiger partial charge in [-0.05, 0) is 48.0 Å². The maximum Gasteiger partial charge on any atom is 0.328 e. The van der Waals surface area contributed by atoms with Crippen LogP contribution in [0.5, 0.6) is 5.75 Å². The molecule has 2 rings (SSSR count). The summed E-state index contributed by atoms with van der Waals surface area (Å²) in [6.07, 6.45) is 2.51. The molecule has 5 heteroatoms. The van der Waals surface area contributed by atoms with Crippen LogP contribution in [0.1, 0.15) is 15.9 Å². The van der Waals surface area contributed by atoms with Crippen LogP contribution in [0, 0.1) is 0 Å². The Morgan fingerprint density at radius 1 is 1.05 bits per heavy atom. The van der Waals surface area contributed by atoms with Gasteiger partial charge in [-0.1, -0.05) is 12.1 Å². The standard InChI is InChI=1S/C17H15NO4/c1-22-15-9-7-14(8-10-15)18-17(21)13-5-2-12(3-6-13)4-11-16(19)20/h2-11H,1H3,(H,18,21)(H,19,20). The van der Waals surface area contributed by atoms with Crippen LogP contribution in [0.15, 0.2) is 54.6 Å². The normalized spacial score (nSPS) is 10.4. The number of amides is 1. The summed E-state index contributed by atoms with van der Waals surface area (Å²) < 4.78 is 5.05. The minimum Gasteiger partial charge on any atom is -0.497 e. The molecule has 0 unspecified atom stereocenters. The number of methoxy groups -OCH3 is 1. The number of rotatable bonds is 5. The fraction of sp³-hybridized carbons (Fsp3) is 0.0588. The minimum absolute atomic E-state index is 0.237. The van der Waals surface area contributed by atoms with Crippen molar-refractivity contribution in [1.82, 2.24) is 0 Å². The van der Waals surface area contributed by atoms with E-state index in [0.717, 1.165) is 6.08 Å². The molecule has 0 bridgehead atoms. The fourth-order valence-electron chi connectivity index (χ4n) is 1.79. The summed E-state index contributed by atoms with van der Waals surface area (Å²) in [6, 6.07) is 13.7. The molecule has 0 radical (unpaired) electrons. The average molecular weight is 297 g/mol. The Morgan fingerprint density at radius 2 is 1.68 bits per heavy atom. The van der Waals surface area contributed by atoms with Crippen LogP contribution in [0.3, 0.4) is 0 Å². The number of aliphatic carboxylic acids is 1. The molecule has 2 aromatic carbocycles. The van der Waals surface area contributed by atoms with E-state index in [9.17, 15) is 9.59 Å². The van der Waals surface area contributed by atoms with Crippen molar-refractivity contribution in [2.24, 2.45) is 0 Å². The zero-order valence-corrected chi connectivity index (χ0v) is 11.9. The summed E-state index contributed by atoms with van der Waals surface area (Å²) in [7, 11) is 1.58. The number of hydrogen-bond donors (Lipinski definition) is 2. The number of carboxylic acid groups (broad SMARTS) is 1. The Kier molecular flexibility index (Phi) is 4.93. The Morgan fingerprint density at radius 3 is 2.23 bits per heavy atom. The number of carbonyl (C=O) groups is 2. The maximum absolute atomic E-state index is 12.1. The Labute approximate surface area is 127 Å². The highest BCUT2D eigenvalue weighted by Crippen LogP contribution is 2.16. The molecule has 0 atom stereocenters. The number of benzene rings is 2.